The summed E-state index contributed by atoms with van der Waals surface area (Å²) in [6.07, 6.45) is 0. The van der Waals surface area contributed by atoms with E-state index in [1.807, 2.05) is 4.63 Å². The fraction of sp³-hybridized carbons (Fsp3) is 0. The summed E-state index contributed by atoms with van der Waals surface area (Å²) in [5, 5.41) is 3.62. The Morgan fingerprint density at radius 3 is 2.25 bits per heavy atom. The first kappa shape index (κ1) is 4.58. The summed E-state index contributed by atoms with van der Waals surface area (Å²) in [7, 11) is 3.16. The summed E-state index contributed by atoms with van der Waals surface area (Å²) < 4.78 is 1.94. The fourth-order valence-electron chi connectivity index (χ4n) is 0. The Balaban J connectivity index is 2.73. The van der Waals surface area contributed by atoms with Crippen molar-refractivity contribution in [2.24, 2.45) is 0 Å². The maximum atomic E-state index is 3.62. The van der Waals surface area contributed by atoms with Crippen LogP contribution in [0.25, 0.3) is 0 Å². The Kier molecular flexibility index (Phi) is 4.10. The Bertz CT molecular complexity index is 27.0. The maximum absolute atomic E-state index is 3.62. The predicted octanol–water partition coefficient (Wildman–Crippen LogP) is 0.0251. The van der Waals surface area contributed by atoms with E-state index in [-0.39, 0.29) is 15.0 Å². The zero-order chi connectivity index (χ0) is 3.41. The first-order valence-corrected chi connectivity index (χ1v) is 4.20. The van der Waals surface area contributed by atoms with Crippen molar-refractivity contribution in [3.8, 4) is 0 Å². The van der Waals surface area contributed by atoms with Crippen LogP contribution in [0.5, 0.6) is 0 Å². The minimum atomic E-state index is 0.0525. The van der Waals surface area contributed by atoms with E-state index < -0.39 is 0 Å². The average molecular weight is 132 g/mol. The van der Waals surface area contributed by atoms with Crippen LogP contribution in [0, 0.1) is 0 Å². The quantitative estimate of drug-likeness (QED) is 0.348. The van der Waals surface area contributed by atoms with Gasteiger partial charge in [-0.15, -0.1) is 0 Å². The van der Waals surface area contributed by atoms with Gasteiger partial charge in [-0.25, -0.2) is 0 Å². The summed E-state index contributed by atoms with van der Waals surface area (Å²) in [5.41, 5.74) is 0. The third kappa shape index (κ3) is 2.58. The van der Waals surface area contributed by atoms with Gasteiger partial charge in [0, 0.05) is 0 Å². The molecule has 0 aromatic heterocycles. The molecule has 0 aliphatic rings. The van der Waals surface area contributed by atoms with E-state index in [0.29, 0.717) is 0 Å². The van der Waals surface area contributed by atoms with E-state index in [4.69, 9.17) is 0 Å². The van der Waals surface area contributed by atoms with Gasteiger partial charge in [-0.05, 0) is 0 Å². The standard InChI is InChI=1S/C2H4GeP/c1-3-2-4/h2,4H,1H2. The van der Waals surface area contributed by atoms with Crippen LogP contribution in [0.1, 0.15) is 0 Å². The van der Waals surface area contributed by atoms with Crippen molar-refractivity contribution >= 4 is 33.8 Å². The van der Waals surface area contributed by atoms with Gasteiger partial charge < -0.3 is 0 Å². The molecule has 0 aromatic rings. The average Bonchev–Trinajstić information content (AvgIpc) is 1.37. The Morgan fingerprint density at radius 2 is 2.25 bits per heavy atom. The van der Waals surface area contributed by atoms with Crippen LogP contribution >= 0.6 is 8.86 Å². The molecule has 0 fully saturated rings. The van der Waals surface area contributed by atoms with Crippen molar-refractivity contribution in [2.75, 3.05) is 0 Å². The van der Waals surface area contributed by atoms with E-state index >= 15 is 0 Å². The molecule has 0 rings (SSSR count). The van der Waals surface area contributed by atoms with Crippen LogP contribution in [0.15, 0.2) is 0 Å². The van der Waals surface area contributed by atoms with E-state index in [2.05, 4.69) is 14.2 Å². The third-order valence-corrected chi connectivity index (χ3v) is 1.59. The summed E-state index contributed by atoms with van der Waals surface area (Å²) in [6, 6.07) is 0. The van der Waals surface area contributed by atoms with Crippen LogP contribution in [-0.2, 0) is 0 Å². The summed E-state index contributed by atoms with van der Waals surface area (Å²) in [5.74, 6) is 0. The van der Waals surface area contributed by atoms with Gasteiger partial charge in [0.1, 0.15) is 0 Å². The molecule has 0 heterocycles. The van der Waals surface area contributed by atoms with Crippen LogP contribution < -0.4 is 0 Å². The molecule has 0 aliphatic heterocycles. The summed E-state index contributed by atoms with van der Waals surface area (Å²) in [6.45, 7) is 0. The van der Waals surface area contributed by atoms with Crippen molar-refractivity contribution in [3.63, 3.8) is 0 Å². The molecule has 0 aliphatic carbocycles. The molecule has 0 atom stereocenters. The van der Waals surface area contributed by atoms with Gasteiger partial charge >= 0.3 is 33.8 Å². The van der Waals surface area contributed by atoms with E-state index in [1.54, 1.807) is 0 Å². The number of hydrogen-bond acceptors (Lipinski definition) is 0. The molecular formula is C2H4GeP. The second kappa shape index (κ2) is 3.58. The van der Waals surface area contributed by atoms with Crippen molar-refractivity contribution in [1.29, 1.82) is 0 Å². The van der Waals surface area contributed by atoms with Crippen molar-refractivity contribution in [3.05, 3.63) is 0 Å². The van der Waals surface area contributed by atoms with Crippen molar-refractivity contribution in [1.82, 2.24) is 0 Å². The molecule has 0 saturated carbocycles. The molecule has 0 unspecified atom stereocenters. The Hall–Kier alpha value is 0.583. The molecule has 0 nitrogen and oxygen atoms in total. The van der Waals surface area contributed by atoms with Gasteiger partial charge in [0.05, 0.1) is 0 Å². The molecule has 4 heavy (non-hydrogen) atoms. The van der Waals surface area contributed by atoms with Gasteiger partial charge in [-0.2, -0.15) is 0 Å². The topological polar surface area (TPSA) is 0 Å². The SMILES string of the molecule is [CH2]=[Ge][CH]=P. The second-order valence-electron chi connectivity index (χ2n) is 0.348. The molecule has 21 valence electrons. The van der Waals surface area contributed by atoms with E-state index in [9.17, 15) is 0 Å². The van der Waals surface area contributed by atoms with Crippen molar-refractivity contribution < 1.29 is 0 Å². The fourth-order valence-corrected chi connectivity index (χ4v) is 0. The normalized spacial score (nSPS) is 5.00. The Morgan fingerprint density at radius 1 is 2.00 bits per heavy atom. The van der Waals surface area contributed by atoms with E-state index in [1.165, 1.54) is 0 Å². The minimum absolute atomic E-state index is 0.0525. The molecule has 0 bridgehead atoms. The third-order valence-electron chi connectivity index (χ3n) is 0.102. The molecule has 0 aromatic carbocycles. The molecular weight excluding hydrogens is 128 g/mol. The van der Waals surface area contributed by atoms with Gasteiger partial charge in [0.25, 0.3) is 0 Å². The molecule has 2 heteroatoms. The van der Waals surface area contributed by atoms with Gasteiger partial charge in [0.2, 0.25) is 0 Å². The molecule has 0 saturated heterocycles. The molecule has 1 radical (unpaired) electrons. The second-order valence-corrected chi connectivity index (χ2v) is 3.31. The predicted molar refractivity (Wildman–Crippen MR) is 27.3 cm³/mol. The monoisotopic (exact) mass is 133 g/mol. The number of hydrogen-bond donors (Lipinski definition) is 0. The summed E-state index contributed by atoms with van der Waals surface area (Å²) in [4.78, 5) is 0. The zero-order valence-corrected chi connectivity index (χ0v) is 5.38. The molecule has 0 amide bonds. The van der Waals surface area contributed by atoms with E-state index in [0.717, 1.165) is 0 Å². The first-order chi connectivity index (χ1) is 1.91. The van der Waals surface area contributed by atoms with Crippen LogP contribution in [0.3, 0.4) is 0 Å². The van der Waals surface area contributed by atoms with Crippen LogP contribution in [0.2, 0.25) is 0 Å². The van der Waals surface area contributed by atoms with Crippen LogP contribution in [-0.4, -0.2) is 25.0 Å². The zero-order valence-electron chi connectivity index (χ0n) is 2.28. The first-order valence-electron chi connectivity index (χ1n) is 0.931. The van der Waals surface area contributed by atoms with Crippen LogP contribution in [0.4, 0.5) is 0 Å². The molecule has 0 N–H and O–H groups in total. The molecule has 0 spiro atoms. The van der Waals surface area contributed by atoms with Gasteiger partial charge in [0.15, 0.2) is 0 Å². The number of rotatable bonds is 1. The van der Waals surface area contributed by atoms with Crippen molar-refractivity contribution in [2.45, 2.75) is 0 Å². The summed E-state index contributed by atoms with van der Waals surface area (Å²) >= 11 is 0.0525. The van der Waals surface area contributed by atoms with Gasteiger partial charge in [-0.1, -0.05) is 0 Å². The van der Waals surface area contributed by atoms with Gasteiger partial charge in [-0.3, -0.25) is 0 Å². The Labute approximate surface area is 34.4 Å².